The number of aliphatic hydroxyl groups excluding tert-OH is 1. The van der Waals surface area contributed by atoms with Gasteiger partial charge in [-0.05, 0) is 18.2 Å². The lowest BCUT2D eigenvalue weighted by Crippen LogP contribution is -1.91. The summed E-state index contributed by atoms with van der Waals surface area (Å²) in [6.07, 6.45) is 1.45. The fraction of sp³-hybridized carbons (Fsp3) is 0.100. The number of fused-ring (bicyclic) bond motifs is 1. The Morgan fingerprint density at radius 1 is 1.43 bits per heavy atom. The Bertz CT molecular complexity index is 482. The number of rotatable bonds is 1. The second kappa shape index (κ2) is 3.52. The highest BCUT2D eigenvalue weighted by Crippen LogP contribution is 2.24. The summed E-state index contributed by atoms with van der Waals surface area (Å²) >= 11 is 5.81. The molecule has 1 aromatic heterocycles. The van der Waals surface area contributed by atoms with Gasteiger partial charge >= 0.3 is 0 Å². The summed E-state index contributed by atoms with van der Waals surface area (Å²) in [6.45, 7) is -0.221. The molecule has 0 aliphatic rings. The average Bonchev–Trinajstić information content (AvgIpc) is 2.17. The van der Waals surface area contributed by atoms with Crippen LogP contribution < -0.4 is 0 Å². The number of hydrogen-bond donors (Lipinski definition) is 1. The number of pyridine rings is 1. The molecule has 0 saturated carbocycles. The van der Waals surface area contributed by atoms with Gasteiger partial charge in [0.25, 0.3) is 0 Å². The number of halogens is 2. The van der Waals surface area contributed by atoms with Gasteiger partial charge in [0.2, 0.25) is 0 Å². The maximum absolute atomic E-state index is 12.9. The molecule has 0 radical (unpaired) electrons. The zero-order valence-electron chi connectivity index (χ0n) is 7.17. The molecule has 0 aliphatic carbocycles. The van der Waals surface area contributed by atoms with E-state index in [1.54, 1.807) is 6.07 Å². The van der Waals surface area contributed by atoms with Gasteiger partial charge in [-0.2, -0.15) is 0 Å². The smallest absolute Gasteiger partial charge is 0.123 e. The molecule has 1 N–H and O–H groups in total. The van der Waals surface area contributed by atoms with Crippen LogP contribution in [0.1, 0.15) is 5.56 Å². The van der Waals surface area contributed by atoms with Crippen LogP contribution in [0.3, 0.4) is 0 Å². The minimum atomic E-state index is -0.365. The lowest BCUT2D eigenvalue weighted by Gasteiger charge is -2.04. The highest BCUT2D eigenvalue weighted by Gasteiger charge is 2.06. The van der Waals surface area contributed by atoms with Crippen LogP contribution in [0.4, 0.5) is 4.39 Å². The van der Waals surface area contributed by atoms with Gasteiger partial charge in [0.05, 0.1) is 17.1 Å². The van der Waals surface area contributed by atoms with Gasteiger partial charge < -0.3 is 5.11 Å². The van der Waals surface area contributed by atoms with Crippen LogP contribution in [-0.2, 0) is 6.61 Å². The van der Waals surface area contributed by atoms with Crippen molar-refractivity contribution in [3.63, 3.8) is 0 Å². The lowest BCUT2D eigenvalue weighted by molar-refractivity contribution is 0.283. The fourth-order valence-corrected chi connectivity index (χ4v) is 1.57. The molecule has 72 valence electrons. The van der Waals surface area contributed by atoms with Gasteiger partial charge in [0, 0.05) is 17.1 Å². The molecule has 4 heteroatoms. The molecule has 2 rings (SSSR count). The van der Waals surface area contributed by atoms with Crippen molar-refractivity contribution in [3.05, 3.63) is 40.8 Å². The van der Waals surface area contributed by atoms with Crippen LogP contribution in [-0.4, -0.2) is 10.1 Å². The Morgan fingerprint density at radius 3 is 2.93 bits per heavy atom. The summed E-state index contributed by atoms with van der Waals surface area (Å²) in [5.74, 6) is -0.365. The van der Waals surface area contributed by atoms with Crippen molar-refractivity contribution in [2.24, 2.45) is 0 Å². The molecule has 0 saturated heterocycles. The van der Waals surface area contributed by atoms with E-state index in [1.165, 1.54) is 18.3 Å². The van der Waals surface area contributed by atoms with Gasteiger partial charge in [-0.25, -0.2) is 4.39 Å². The third-order valence-electron chi connectivity index (χ3n) is 2.05. The second-order valence-corrected chi connectivity index (χ2v) is 3.31. The van der Waals surface area contributed by atoms with E-state index in [-0.39, 0.29) is 12.4 Å². The summed E-state index contributed by atoms with van der Waals surface area (Å²) in [4.78, 5) is 4.02. The van der Waals surface area contributed by atoms with E-state index >= 15 is 0 Å². The number of nitrogens with zero attached hydrogens (tertiary/aromatic N) is 1. The molecule has 1 aromatic carbocycles. The number of benzene rings is 1. The monoisotopic (exact) mass is 211 g/mol. The summed E-state index contributed by atoms with van der Waals surface area (Å²) < 4.78 is 12.9. The predicted octanol–water partition coefficient (Wildman–Crippen LogP) is 2.52. The summed E-state index contributed by atoms with van der Waals surface area (Å²) in [5, 5.41) is 9.98. The van der Waals surface area contributed by atoms with Crippen molar-refractivity contribution >= 4 is 22.5 Å². The molecular formula is C10H7ClFNO. The highest BCUT2D eigenvalue weighted by molar-refractivity contribution is 6.32. The number of hydrogen-bond acceptors (Lipinski definition) is 2. The molecule has 0 aliphatic heterocycles. The number of aliphatic hydroxyl groups is 1. The van der Waals surface area contributed by atoms with E-state index in [4.69, 9.17) is 16.7 Å². The second-order valence-electron chi connectivity index (χ2n) is 2.90. The highest BCUT2D eigenvalue weighted by atomic mass is 35.5. The summed E-state index contributed by atoms with van der Waals surface area (Å²) in [6, 6.07) is 4.20. The van der Waals surface area contributed by atoms with Gasteiger partial charge in [-0.1, -0.05) is 11.6 Å². The Labute approximate surface area is 85.0 Å². The Morgan fingerprint density at radius 2 is 2.21 bits per heavy atom. The van der Waals surface area contributed by atoms with Gasteiger partial charge in [0.15, 0.2) is 0 Å². The number of aromatic nitrogens is 1. The van der Waals surface area contributed by atoms with Crippen LogP contribution in [0, 0.1) is 5.82 Å². The first-order chi connectivity index (χ1) is 6.72. The van der Waals surface area contributed by atoms with E-state index < -0.39 is 0 Å². The zero-order chi connectivity index (χ0) is 10.1. The minimum absolute atomic E-state index is 0.221. The Balaban J connectivity index is 2.84. The van der Waals surface area contributed by atoms with Crippen molar-refractivity contribution in [1.29, 1.82) is 0 Å². The first kappa shape index (κ1) is 9.37. The largest absolute Gasteiger partial charge is 0.392 e. The van der Waals surface area contributed by atoms with Crippen LogP contribution in [0.2, 0.25) is 5.02 Å². The molecule has 14 heavy (non-hydrogen) atoms. The molecule has 0 bridgehead atoms. The maximum atomic E-state index is 12.9. The van der Waals surface area contributed by atoms with E-state index in [9.17, 15) is 4.39 Å². The Kier molecular flexibility index (Phi) is 2.35. The first-order valence-electron chi connectivity index (χ1n) is 4.06. The topological polar surface area (TPSA) is 33.1 Å². The SMILES string of the molecule is OCc1c(Cl)cnc2ccc(F)cc12. The third kappa shape index (κ3) is 1.45. The van der Waals surface area contributed by atoms with E-state index in [1.807, 2.05) is 0 Å². The molecule has 2 nitrogen and oxygen atoms in total. The molecule has 0 fully saturated rings. The normalized spacial score (nSPS) is 10.8. The van der Waals surface area contributed by atoms with Crippen molar-refractivity contribution in [3.8, 4) is 0 Å². The van der Waals surface area contributed by atoms with Gasteiger partial charge in [-0.15, -0.1) is 0 Å². The Hall–Kier alpha value is -1.19. The molecule has 0 amide bonds. The molecule has 2 aromatic rings. The molecule has 0 spiro atoms. The van der Waals surface area contributed by atoms with Crippen LogP contribution >= 0.6 is 11.6 Å². The van der Waals surface area contributed by atoms with E-state index in [0.717, 1.165) is 0 Å². The molecule has 0 unspecified atom stereocenters. The summed E-state index contributed by atoms with van der Waals surface area (Å²) in [7, 11) is 0. The fourth-order valence-electron chi connectivity index (χ4n) is 1.36. The van der Waals surface area contributed by atoms with Gasteiger partial charge in [-0.3, -0.25) is 4.98 Å². The third-order valence-corrected chi connectivity index (χ3v) is 2.37. The van der Waals surface area contributed by atoms with E-state index in [2.05, 4.69) is 4.98 Å². The van der Waals surface area contributed by atoms with Crippen LogP contribution in [0.25, 0.3) is 10.9 Å². The standard InChI is InChI=1S/C10H7ClFNO/c11-9-4-13-10-2-1-6(12)3-7(10)8(9)5-14/h1-4,14H,5H2. The lowest BCUT2D eigenvalue weighted by atomic mass is 10.1. The van der Waals surface area contributed by atoms with Crippen molar-refractivity contribution < 1.29 is 9.50 Å². The van der Waals surface area contributed by atoms with E-state index in [0.29, 0.717) is 21.5 Å². The molecule has 0 atom stereocenters. The summed E-state index contributed by atoms with van der Waals surface area (Å²) in [5.41, 5.74) is 1.14. The quantitative estimate of drug-likeness (QED) is 0.786. The first-order valence-corrected chi connectivity index (χ1v) is 4.43. The van der Waals surface area contributed by atoms with Crippen LogP contribution in [0.15, 0.2) is 24.4 Å². The molecule has 1 heterocycles. The zero-order valence-corrected chi connectivity index (χ0v) is 7.92. The predicted molar refractivity (Wildman–Crippen MR) is 52.6 cm³/mol. The van der Waals surface area contributed by atoms with Gasteiger partial charge in [0.1, 0.15) is 5.82 Å². The van der Waals surface area contributed by atoms with Crippen LogP contribution in [0.5, 0.6) is 0 Å². The minimum Gasteiger partial charge on any atom is -0.392 e. The van der Waals surface area contributed by atoms with Crippen molar-refractivity contribution in [1.82, 2.24) is 4.98 Å². The molecular weight excluding hydrogens is 205 g/mol. The maximum Gasteiger partial charge on any atom is 0.123 e. The van der Waals surface area contributed by atoms with Crippen molar-refractivity contribution in [2.45, 2.75) is 6.61 Å². The van der Waals surface area contributed by atoms with Crippen molar-refractivity contribution in [2.75, 3.05) is 0 Å². The average molecular weight is 212 g/mol.